The zero-order valence-corrected chi connectivity index (χ0v) is 20.2. The zero-order chi connectivity index (χ0) is 25.2. The summed E-state index contributed by atoms with van der Waals surface area (Å²) in [5, 5.41) is 20.3. The van der Waals surface area contributed by atoms with Crippen LogP contribution in [0.2, 0.25) is 0 Å². The van der Waals surface area contributed by atoms with E-state index in [1.165, 1.54) is 17.0 Å². The van der Waals surface area contributed by atoms with Gasteiger partial charge in [0.15, 0.2) is 11.5 Å². The fourth-order valence-electron chi connectivity index (χ4n) is 4.53. The number of nitrogens with zero attached hydrogens (tertiary/aromatic N) is 5. The van der Waals surface area contributed by atoms with Gasteiger partial charge in [-0.05, 0) is 56.4 Å². The van der Waals surface area contributed by atoms with E-state index in [9.17, 15) is 19.4 Å². The van der Waals surface area contributed by atoms with Gasteiger partial charge < -0.3 is 24.4 Å². The van der Waals surface area contributed by atoms with E-state index in [0.29, 0.717) is 41.7 Å². The van der Waals surface area contributed by atoms with Crippen LogP contribution in [-0.4, -0.2) is 67.7 Å². The van der Waals surface area contributed by atoms with Crippen molar-refractivity contribution < 1.29 is 24.1 Å². The second-order valence-corrected chi connectivity index (χ2v) is 9.08. The van der Waals surface area contributed by atoms with E-state index in [1.54, 1.807) is 33.9 Å². The van der Waals surface area contributed by atoms with Crippen molar-refractivity contribution in [2.24, 2.45) is 0 Å². The second-order valence-electron chi connectivity index (χ2n) is 9.08. The Morgan fingerprint density at radius 2 is 1.92 bits per heavy atom. The molecule has 1 aromatic carbocycles. The average molecular weight is 496 g/mol. The summed E-state index contributed by atoms with van der Waals surface area (Å²) < 4.78 is 21.2. The summed E-state index contributed by atoms with van der Waals surface area (Å²) in [6, 6.07) is 9.75. The molecule has 10 heteroatoms. The molecule has 2 aromatic heterocycles. The Morgan fingerprint density at radius 3 is 2.53 bits per heavy atom. The standard InChI is InChI=1S/C26H30FN5O4/c1-2-30-24-22(25(34)31(26(30)35)13-4-14-33)32(16-17-7-10-19(27)11-8-17)23(29-24)18-9-12-21(28-15-18)36-20-5-3-6-20/h7-12,15,20,26,33,35H,2-6,13-14,16H2,1H3. The molecular formula is C26H30FN5O4. The minimum absolute atomic E-state index is 0.101. The van der Waals surface area contributed by atoms with Gasteiger partial charge in [-0.1, -0.05) is 12.1 Å². The van der Waals surface area contributed by atoms with Crippen molar-refractivity contribution in [2.75, 3.05) is 24.6 Å². The molecule has 1 unspecified atom stereocenters. The number of hydrogen-bond donors (Lipinski definition) is 2. The zero-order valence-electron chi connectivity index (χ0n) is 20.2. The quantitative estimate of drug-likeness (QED) is 0.470. The highest BCUT2D eigenvalue weighted by atomic mass is 19.1. The van der Waals surface area contributed by atoms with E-state index >= 15 is 0 Å². The first-order valence-corrected chi connectivity index (χ1v) is 12.3. The molecule has 0 spiro atoms. The predicted octanol–water partition coefficient (Wildman–Crippen LogP) is 3.00. The van der Waals surface area contributed by atoms with Crippen molar-refractivity contribution in [3.05, 3.63) is 59.7 Å². The lowest BCUT2D eigenvalue weighted by atomic mass is 9.96. The van der Waals surface area contributed by atoms with Crippen molar-refractivity contribution in [1.29, 1.82) is 0 Å². The Morgan fingerprint density at radius 1 is 1.14 bits per heavy atom. The summed E-state index contributed by atoms with van der Waals surface area (Å²) in [6.07, 6.45) is 4.24. The van der Waals surface area contributed by atoms with Crippen LogP contribution in [0.25, 0.3) is 11.4 Å². The van der Waals surface area contributed by atoms with Crippen LogP contribution in [0.5, 0.6) is 5.88 Å². The minimum atomic E-state index is -1.19. The van der Waals surface area contributed by atoms with Crippen LogP contribution in [0.1, 0.15) is 48.7 Å². The van der Waals surface area contributed by atoms with Crippen molar-refractivity contribution in [2.45, 2.75) is 51.6 Å². The Labute approximate surface area is 208 Å². The third-order valence-corrected chi connectivity index (χ3v) is 6.73. The number of halogens is 1. The van der Waals surface area contributed by atoms with Crippen LogP contribution in [0.3, 0.4) is 0 Å². The van der Waals surface area contributed by atoms with E-state index < -0.39 is 6.35 Å². The largest absolute Gasteiger partial charge is 0.474 e. The number of carbonyl (C=O) groups is 1. The molecule has 1 aliphatic carbocycles. The monoisotopic (exact) mass is 495 g/mol. The van der Waals surface area contributed by atoms with Crippen molar-refractivity contribution >= 4 is 11.7 Å². The number of imidazole rings is 1. The van der Waals surface area contributed by atoms with Gasteiger partial charge in [-0.3, -0.25) is 9.69 Å². The van der Waals surface area contributed by atoms with Gasteiger partial charge in [-0.25, -0.2) is 14.4 Å². The number of benzene rings is 1. The molecule has 1 atom stereocenters. The van der Waals surface area contributed by atoms with Gasteiger partial charge in [0.2, 0.25) is 12.2 Å². The molecule has 3 aromatic rings. The fraction of sp³-hybridized carbons (Fsp3) is 0.423. The van der Waals surface area contributed by atoms with Crippen molar-refractivity contribution in [3.63, 3.8) is 0 Å². The number of aliphatic hydroxyl groups is 2. The van der Waals surface area contributed by atoms with Crippen LogP contribution in [0.15, 0.2) is 42.6 Å². The normalized spacial score (nSPS) is 17.8. The van der Waals surface area contributed by atoms with Crippen LogP contribution in [0.4, 0.5) is 10.2 Å². The lowest BCUT2D eigenvalue weighted by molar-refractivity contribution is -0.00104. The van der Waals surface area contributed by atoms with Gasteiger partial charge >= 0.3 is 0 Å². The Bertz CT molecular complexity index is 1210. The molecule has 3 heterocycles. The first-order chi connectivity index (χ1) is 17.5. The van der Waals surface area contributed by atoms with Gasteiger partial charge in [0.05, 0.1) is 0 Å². The van der Waals surface area contributed by atoms with Gasteiger partial charge in [-0.15, -0.1) is 0 Å². The maximum absolute atomic E-state index is 13.6. The van der Waals surface area contributed by atoms with Gasteiger partial charge in [0.1, 0.15) is 17.7 Å². The molecule has 5 rings (SSSR count). The van der Waals surface area contributed by atoms with Crippen LogP contribution in [-0.2, 0) is 6.54 Å². The van der Waals surface area contributed by atoms with Gasteiger partial charge in [-0.2, -0.15) is 0 Å². The molecule has 36 heavy (non-hydrogen) atoms. The molecule has 1 fully saturated rings. The Balaban J connectivity index is 1.58. The first-order valence-electron chi connectivity index (χ1n) is 12.3. The molecule has 1 aliphatic heterocycles. The number of ether oxygens (including phenoxy) is 1. The number of pyridine rings is 1. The van der Waals surface area contributed by atoms with Gasteiger partial charge in [0.25, 0.3) is 5.91 Å². The second kappa shape index (κ2) is 10.2. The number of aromatic nitrogens is 3. The smallest absolute Gasteiger partial charge is 0.277 e. The molecule has 0 radical (unpaired) electrons. The Hall–Kier alpha value is -3.50. The highest BCUT2D eigenvalue weighted by Crippen LogP contribution is 2.35. The molecule has 2 aliphatic rings. The van der Waals surface area contributed by atoms with E-state index in [1.807, 2.05) is 13.0 Å². The van der Waals surface area contributed by atoms with Crippen LogP contribution in [0, 0.1) is 5.82 Å². The third-order valence-electron chi connectivity index (χ3n) is 6.73. The number of rotatable bonds is 9. The maximum Gasteiger partial charge on any atom is 0.277 e. The van der Waals surface area contributed by atoms with Crippen molar-refractivity contribution in [3.8, 4) is 17.3 Å². The summed E-state index contributed by atoms with van der Waals surface area (Å²) in [7, 11) is 0. The first kappa shape index (κ1) is 24.2. The average Bonchev–Trinajstić information content (AvgIpc) is 3.22. The minimum Gasteiger partial charge on any atom is -0.474 e. The number of fused-ring (bicyclic) bond motifs is 1. The fourth-order valence-corrected chi connectivity index (χ4v) is 4.53. The molecule has 1 amide bonds. The molecule has 9 nitrogen and oxygen atoms in total. The maximum atomic E-state index is 13.6. The number of anilines is 1. The number of aliphatic hydroxyl groups excluding tert-OH is 2. The van der Waals surface area contributed by atoms with Gasteiger partial charge in [0, 0.05) is 44.1 Å². The SMILES string of the molecule is CCN1c2nc(-c3ccc(OC4CCC4)nc3)n(Cc3ccc(F)cc3)c2C(=O)N(CCCO)C1O. The number of amides is 1. The highest BCUT2D eigenvalue weighted by Gasteiger charge is 2.40. The summed E-state index contributed by atoms with van der Waals surface area (Å²) in [5.41, 5.74) is 1.81. The van der Waals surface area contributed by atoms with Crippen LogP contribution < -0.4 is 9.64 Å². The molecule has 1 saturated carbocycles. The van der Waals surface area contributed by atoms with Crippen LogP contribution >= 0.6 is 0 Å². The van der Waals surface area contributed by atoms with E-state index in [2.05, 4.69) is 4.98 Å². The molecule has 0 bridgehead atoms. The molecular weight excluding hydrogens is 465 g/mol. The predicted molar refractivity (Wildman–Crippen MR) is 131 cm³/mol. The lowest BCUT2D eigenvalue weighted by Crippen LogP contribution is -2.56. The molecule has 190 valence electrons. The van der Waals surface area contributed by atoms with E-state index in [-0.39, 0.29) is 37.5 Å². The summed E-state index contributed by atoms with van der Waals surface area (Å²) >= 11 is 0. The molecule has 0 saturated heterocycles. The Kier molecular flexibility index (Phi) is 6.88. The third kappa shape index (κ3) is 4.54. The number of carbonyl (C=O) groups excluding carboxylic acids is 1. The summed E-state index contributed by atoms with van der Waals surface area (Å²) in [4.78, 5) is 25.9. The summed E-state index contributed by atoms with van der Waals surface area (Å²) in [6.45, 7) is 2.65. The van der Waals surface area contributed by atoms with Crippen molar-refractivity contribution in [1.82, 2.24) is 19.4 Å². The highest BCUT2D eigenvalue weighted by molar-refractivity contribution is 6.00. The molecule has 2 N–H and O–H groups in total. The van der Waals surface area contributed by atoms with E-state index in [4.69, 9.17) is 9.72 Å². The topological polar surface area (TPSA) is 104 Å². The lowest BCUT2D eigenvalue weighted by Gasteiger charge is -2.40. The van der Waals surface area contributed by atoms with E-state index in [0.717, 1.165) is 24.8 Å². The number of hydrogen-bond acceptors (Lipinski definition) is 7. The summed E-state index contributed by atoms with van der Waals surface area (Å²) in [5.74, 6) is 0.706.